The van der Waals surface area contributed by atoms with E-state index < -0.39 is 6.03 Å². The Morgan fingerprint density at radius 3 is 2.13 bits per heavy atom. The van der Waals surface area contributed by atoms with E-state index in [4.69, 9.17) is 5.73 Å². The standard InChI is InChI=1S/C10H21N3O2/c1-3-7-13(8-4-2)9(14)5-6-12-10(11)15/h3-8H2,1-2H3,(H3,11,12,15). The monoisotopic (exact) mass is 215 g/mol. The molecule has 0 bridgehead atoms. The minimum Gasteiger partial charge on any atom is -0.352 e. The SMILES string of the molecule is CCCN(CCC)C(=O)CCNC(N)=O. The second kappa shape index (κ2) is 8.08. The van der Waals surface area contributed by atoms with E-state index in [1.165, 1.54) is 0 Å². The number of carbonyl (C=O) groups is 2. The Morgan fingerprint density at radius 2 is 1.73 bits per heavy atom. The third kappa shape index (κ3) is 6.76. The molecule has 0 radical (unpaired) electrons. The van der Waals surface area contributed by atoms with Crippen LogP contribution in [0.2, 0.25) is 0 Å². The number of nitrogens with one attached hydrogen (secondary N) is 1. The molecule has 0 saturated carbocycles. The summed E-state index contributed by atoms with van der Waals surface area (Å²) < 4.78 is 0. The van der Waals surface area contributed by atoms with Crippen molar-refractivity contribution in [2.45, 2.75) is 33.1 Å². The third-order valence-electron chi connectivity index (χ3n) is 1.98. The van der Waals surface area contributed by atoms with Gasteiger partial charge in [0.25, 0.3) is 0 Å². The molecule has 0 aliphatic carbocycles. The fraction of sp³-hybridized carbons (Fsp3) is 0.800. The Labute approximate surface area is 91.0 Å². The van der Waals surface area contributed by atoms with Gasteiger partial charge in [0.15, 0.2) is 0 Å². The van der Waals surface area contributed by atoms with Crippen LogP contribution >= 0.6 is 0 Å². The van der Waals surface area contributed by atoms with E-state index in [-0.39, 0.29) is 5.91 Å². The molecule has 0 rings (SSSR count). The predicted molar refractivity (Wildman–Crippen MR) is 59.4 cm³/mol. The maximum Gasteiger partial charge on any atom is 0.312 e. The van der Waals surface area contributed by atoms with Gasteiger partial charge in [-0.2, -0.15) is 0 Å². The summed E-state index contributed by atoms with van der Waals surface area (Å²) in [5, 5.41) is 2.41. The van der Waals surface area contributed by atoms with E-state index in [1.807, 2.05) is 18.7 Å². The van der Waals surface area contributed by atoms with Crippen LogP contribution < -0.4 is 11.1 Å². The molecule has 0 fully saturated rings. The maximum atomic E-state index is 11.6. The van der Waals surface area contributed by atoms with E-state index >= 15 is 0 Å². The molecule has 0 heterocycles. The highest BCUT2D eigenvalue weighted by Gasteiger charge is 2.10. The van der Waals surface area contributed by atoms with Gasteiger partial charge in [-0.3, -0.25) is 4.79 Å². The van der Waals surface area contributed by atoms with Crippen molar-refractivity contribution < 1.29 is 9.59 Å². The minimum atomic E-state index is -0.583. The number of nitrogens with two attached hydrogens (primary N) is 1. The lowest BCUT2D eigenvalue weighted by Gasteiger charge is -2.21. The maximum absolute atomic E-state index is 11.6. The summed E-state index contributed by atoms with van der Waals surface area (Å²) in [6, 6.07) is -0.583. The molecule has 0 aromatic heterocycles. The van der Waals surface area contributed by atoms with Crippen molar-refractivity contribution in [3.05, 3.63) is 0 Å². The molecular weight excluding hydrogens is 194 g/mol. The van der Waals surface area contributed by atoms with Crippen LogP contribution in [0.1, 0.15) is 33.1 Å². The van der Waals surface area contributed by atoms with Gasteiger partial charge in [-0.15, -0.1) is 0 Å². The molecule has 3 N–H and O–H groups in total. The first kappa shape index (κ1) is 13.7. The molecule has 88 valence electrons. The summed E-state index contributed by atoms with van der Waals surface area (Å²) in [6.07, 6.45) is 2.23. The molecule has 0 atom stereocenters. The number of carbonyl (C=O) groups excluding carboxylic acids is 2. The van der Waals surface area contributed by atoms with E-state index in [0.29, 0.717) is 13.0 Å². The van der Waals surface area contributed by atoms with Crippen molar-refractivity contribution in [3.8, 4) is 0 Å². The van der Waals surface area contributed by atoms with Crippen LogP contribution in [-0.2, 0) is 4.79 Å². The van der Waals surface area contributed by atoms with Gasteiger partial charge in [0, 0.05) is 26.1 Å². The molecular formula is C10H21N3O2. The first-order chi connectivity index (χ1) is 7.11. The fourth-order valence-corrected chi connectivity index (χ4v) is 1.35. The number of rotatable bonds is 7. The number of hydrogen-bond donors (Lipinski definition) is 2. The molecule has 3 amide bonds. The van der Waals surface area contributed by atoms with Crippen LogP contribution in [-0.4, -0.2) is 36.5 Å². The highest BCUT2D eigenvalue weighted by molar-refractivity contribution is 5.77. The summed E-state index contributed by atoms with van der Waals surface area (Å²) >= 11 is 0. The first-order valence-corrected chi connectivity index (χ1v) is 5.42. The first-order valence-electron chi connectivity index (χ1n) is 5.42. The number of urea groups is 1. The van der Waals surface area contributed by atoms with Gasteiger partial charge in [0.2, 0.25) is 5.91 Å². The lowest BCUT2D eigenvalue weighted by atomic mass is 10.3. The number of hydrogen-bond acceptors (Lipinski definition) is 2. The summed E-state index contributed by atoms with van der Waals surface area (Å²) in [4.78, 5) is 23.8. The van der Waals surface area contributed by atoms with Crippen LogP contribution in [0.25, 0.3) is 0 Å². The smallest absolute Gasteiger partial charge is 0.312 e. The van der Waals surface area contributed by atoms with E-state index in [2.05, 4.69) is 5.32 Å². The number of nitrogens with zero attached hydrogens (tertiary/aromatic N) is 1. The lowest BCUT2D eigenvalue weighted by Crippen LogP contribution is -2.37. The summed E-state index contributed by atoms with van der Waals surface area (Å²) in [5.41, 5.74) is 4.90. The molecule has 0 spiro atoms. The zero-order valence-corrected chi connectivity index (χ0v) is 9.58. The van der Waals surface area contributed by atoms with E-state index in [1.54, 1.807) is 0 Å². The Bertz CT molecular complexity index is 201. The summed E-state index contributed by atoms with van der Waals surface area (Å²) in [5.74, 6) is 0.0763. The van der Waals surface area contributed by atoms with Crippen LogP contribution in [0, 0.1) is 0 Å². The molecule has 0 aliphatic heterocycles. The van der Waals surface area contributed by atoms with Crippen molar-refractivity contribution in [2.24, 2.45) is 5.73 Å². The van der Waals surface area contributed by atoms with Gasteiger partial charge < -0.3 is 16.0 Å². The normalized spacial score (nSPS) is 9.73. The summed E-state index contributed by atoms with van der Waals surface area (Å²) in [7, 11) is 0. The molecule has 5 heteroatoms. The highest BCUT2D eigenvalue weighted by atomic mass is 16.2. The minimum absolute atomic E-state index is 0.0763. The molecule has 0 saturated heterocycles. The van der Waals surface area contributed by atoms with Crippen LogP contribution in [0.5, 0.6) is 0 Å². The van der Waals surface area contributed by atoms with Gasteiger partial charge >= 0.3 is 6.03 Å². The fourth-order valence-electron chi connectivity index (χ4n) is 1.35. The van der Waals surface area contributed by atoms with Crippen LogP contribution in [0.3, 0.4) is 0 Å². The highest BCUT2D eigenvalue weighted by Crippen LogP contribution is 1.97. The van der Waals surface area contributed by atoms with Gasteiger partial charge in [-0.25, -0.2) is 4.79 Å². The molecule has 5 nitrogen and oxygen atoms in total. The second-order valence-corrected chi connectivity index (χ2v) is 3.42. The predicted octanol–water partition coefficient (Wildman–Crippen LogP) is 0.693. The van der Waals surface area contributed by atoms with Gasteiger partial charge in [-0.05, 0) is 12.8 Å². The van der Waals surface area contributed by atoms with Crippen molar-refractivity contribution in [2.75, 3.05) is 19.6 Å². The number of primary amides is 1. The zero-order chi connectivity index (χ0) is 11.7. The third-order valence-corrected chi connectivity index (χ3v) is 1.98. The zero-order valence-electron chi connectivity index (χ0n) is 9.58. The Hall–Kier alpha value is -1.26. The quantitative estimate of drug-likeness (QED) is 0.655. The largest absolute Gasteiger partial charge is 0.352 e. The molecule has 0 aliphatic rings. The molecule has 0 aromatic carbocycles. The van der Waals surface area contributed by atoms with Crippen molar-refractivity contribution in [3.63, 3.8) is 0 Å². The lowest BCUT2D eigenvalue weighted by molar-refractivity contribution is -0.131. The topological polar surface area (TPSA) is 75.4 Å². The van der Waals surface area contributed by atoms with Gasteiger partial charge in [0.05, 0.1) is 0 Å². The van der Waals surface area contributed by atoms with Gasteiger partial charge in [0.1, 0.15) is 0 Å². The van der Waals surface area contributed by atoms with Crippen molar-refractivity contribution >= 4 is 11.9 Å². The average Bonchev–Trinajstić information content (AvgIpc) is 2.16. The van der Waals surface area contributed by atoms with E-state index in [0.717, 1.165) is 25.9 Å². The molecule has 0 unspecified atom stereocenters. The van der Waals surface area contributed by atoms with E-state index in [9.17, 15) is 9.59 Å². The Morgan fingerprint density at radius 1 is 1.20 bits per heavy atom. The van der Waals surface area contributed by atoms with Gasteiger partial charge in [-0.1, -0.05) is 13.8 Å². The Kier molecular flexibility index (Phi) is 7.40. The van der Waals surface area contributed by atoms with Crippen LogP contribution in [0.4, 0.5) is 4.79 Å². The Balaban J connectivity index is 3.85. The molecule has 0 aromatic rings. The second-order valence-electron chi connectivity index (χ2n) is 3.42. The average molecular weight is 215 g/mol. The van der Waals surface area contributed by atoms with Crippen molar-refractivity contribution in [1.29, 1.82) is 0 Å². The molecule has 15 heavy (non-hydrogen) atoms. The number of amides is 3. The van der Waals surface area contributed by atoms with Crippen LogP contribution in [0.15, 0.2) is 0 Å². The van der Waals surface area contributed by atoms with Crippen molar-refractivity contribution in [1.82, 2.24) is 10.2 Å². The summed E-state index contributed by atoms with van der Waals surface area (Å²) in [6.45, 7) is 5.96.